The smallest absolute Gasteiger partial charge is 0.161 e. The van der Waals surface area contributed by atoms with Crippen molar-refractivity contribution in [2.24, 2.45) is 0 Å². The molecule has 1 unspecified atom stereocenters. The van der Waals surface area contributed by atoms with E-state index < -0.39 is 0 Å². The van der Waals surface area contributed by atoms with E-state index in [9.17, 15) is 5.11 Å². The second-order valence-corrected chi connectivity index (χ2v) is 4.96. The normalized spacial score (nSPS) is 12.7. The number of ether oxygens (including phenoxy) is 2. The second-order valence-electron chi connectivity index (χ2n) is 4.96. The highest BCUT2D eigenvalue weighted by atomic mass is 16.5. The molecular weight excluding hydrogens is 254 g/mol. The number of aromatic hydroxyl groups is 1. The molecule has 1 rings (SSSR count). The molecule has 1 aromatic rings. The number of phenolic OH excluding ortho intramolecular Hbond substituents is 1. The maximum absolute atomic E-state index is 9.74. The van der Waals surface area contributed by atoms with Crippen LogP contribution in [-0.2, 0) is 11.3 Å². The minimum Gasteiger partial charge on any atom is -0.504 e. The van der Waals surface area contributed by atoms with E-state index in [0.717, 1.165) is 31.7 Å². The number of hydrogen-bond acceptors (Lipinski definition) is 4. The lowest BCUT2D eigenvalue weighted by Gasteiger charge is -2.28. The SMILES string of the molecule is CCOc1cc(CN(CCOC)C(C)CC)ccc1O. The van der Waals surface area contributed by atoms with Gasteiger partial charge in [-0.1, -0.05) is 13.0 Å². The summed E-state index contributed by atoms with van der Waals surface area (Å²) in [4.78, 5) is 2.38. The fourth-order valence-electron chi connectivity index (χ4n) is 2.08. The molecule has 0 radical (unpaired) electrons. The van der Waals surface area contributed by atoms with Crippen molar-refractivity contribution in [2.75, 3.05) is 26.9 Å². The molecule has 0 aliphatic heterocycles. The van der Waals surface area contributed by atoms with Crippen molar-refractivity contribution in [1.82, 2.24) is 4.90 Å². The van der Waals surface area contributed by atoms with E-state index >= 15 is 0 Å². The standard InChI is InChI=1S/C16H27NO3/c1-5-13(3)17(9-10-19-4)12-14-7-8-15(18)16(11-14)20-6-2/h7-8,11,13,18H,5-6,9-10,12H2,1-4H3. The van der Waals surface area contributed by atoms with Gasteiger partial charge in [-0.05, 0) is 38.0 Å². The Morgan fingerprint density at radius 3 is 2.65 bits per heavy atom. The molecule has 0 amide bonds. The first-order chi connectivity index (χ1) is 9.62. The van der Waals surface area contributed by atoms with Crippen molar-refractivity contribution in [3.05, 3.63) is 23.8 Å². The maximum atomic E-state index is 9.74. The summed E-state index contributed by atoms with van der Waals surface area (Å²) in [5.41, 5.74) is 1.14. The van der Waals surface area contributed by atoms with E-state index in [4.69, 9.17) is 9.47 Å². The molecule has 1 N–H and O–H groups in total. The first-order valence-electron chi connectivity index (χ1n) is 7.30. The Bertz CT molecular complexity index is 395. The third-order valence-corrected chi connectivity index (χ3v) is 3.51. The molecule has 0 aliphatic carbocycles. The van der Waals surface area contributed by atoms with Crippen LogP contribution in [0.15, 0.2) is 18.2 Å². The average molecular weight is 281 g/mol. The minimum atomic E-state index is 0.197. The van der Waals surface area contributed by atoms with E-state index in [-0.39, 0.29) is 5.75 Å². The molecular formula is C16H27NO3. The van der Waals surface area contributed by atoms with Crippen LogP contribution in [0.1, 0.15) is 32.8 Å². The third-order valence-electron chi connectivity index (χ3n) is 3.51. The zero-order valence-electron chi connectivity index (χ0n) is 13.1. The fraction of sp³-hybridized carbons (Fsp3) is 0.625. The van der Waals surface area contributed by atoms with Crippen LogP contribution in [0.3, 0.4) is 0 Å². The summed E-state index contributed by atoms with van der Waals surface area (Å²) in [6.45, 7) is 9.33. The van der Waals surface area contributed by atoms with Gasteiger partial charge in [0.25, 0.3) is 0 Å². The number of rotatable bonds is 9. The molecule has 0 fully saturated rings. The van der Waals surface area contributed by atoms with Crippen molar-refractivity contribution in [2.45, 2.75) is 39.8 Å². The van der Waals surface area contributed by atoms with E-state index in [2.05, 4.69) is 18.7 Å². The first-order valence-corrected chi connectivity index (χ1v) is 7.30. The average Bonchev–Trinajstić information content (AvgIpc) is 2.46. The van der Waals surface area contributed by atoms with Crippen LogP contribution in [0, 0.1) is 0 Å². The number of nitrogens with zero attached hydrogens (tertiary/aromatic N) is 1. The predicted octanol–water partition coefficient (Wildman–Crippen LogP) is 3.04. The topological polar surface area (TPSA) is 41.9 Å². The van der Waals surface area contributed by atoms with Gasteiger partial charge in [0.1, 0.15) is 0 Å². The summed E-state index contributed by atoms with van der Waals surface area (Å²) < 4.78 is 10.6. The molecule has 1 atom stereocenters. The van der Waals surface area contributed by atoms with Crippen LogP contribution in [0.25, 0.3) is 0 Å². The van der Waals surface area contributed by atoms with Crippen LogP contribution in [0.4, 0.5) is 0 Å². The molecule has 1 aromatic carbocycles. The van der Waals surface area contributed by atoms with E-state index in [1.807, 2.05) is 19.1 Å². The highest BCUT2D eigenvalue weighted by molar-refractivity contribution is 5.41. The minimum absolute atomic E-state index is 0.197. The van der Waals surface area contributed by atoms with Crippen molar-refractivity contribution in [1.29, 1.82) is 0 Å². The van der Waals surface area contributed by atoms with Gasteiger partial charge in [-0.25, -0.2) is 0 Å². The van der Waals surface area contributed by atoms with E-state index in [0.29, 0.717) is 18.4 Å². The van der Waals surface area contributed by atoms with Crippen LogP contribution in [0.2, 0.25) is 0 Å². The van der Waals surface area contributed by atoms with Gasteiger partial charge in [0, 0.05) is 26.2 Å². The van der Waals surface area contributed by atoms with Gasteiger partial charge in [0.05, 0.1) is 13.2 Å². The lowest BCUT2D eigenvalue weighted by atomic mass is 10.1. The van der Waals surface area contributed by atoms with Crippen molar-refractivity contribution in [3.63, 3.8) is 0 Å². The number of benzene rings is 1. The molecule has 4 heteroatoms. The summed E-state index contributed by atoms with van der Waals surface area (Å²) in [7, 11) is 1.72. The summed E-state index contributed by atoms with van der Waals surface area (Å²) in [5.74, 6) is 0.753. The van der Waals surface area contributed by atoms with Gasteiger partial charge in [-0.3, -0.25) is 4.90 Å². The highest BCUT2D eigenvalue weighted by Gasteiger charge is 2.13. The fourth-order valence-corrected chi connectivity index (χ4v) is 2.08. The molecule has 0 bridgehead atoms. The summed E-state index contributed by atoms with van der Waals surface area (Å²) in [6, 6.07) is 6.06. The molecule has 0 aromatic heterocycles. The van der Waals surface area contributed by atoms with Crippen LogP contribution >= 0.6 is 0 Å². The molecule has 0 spiro atoms. The Labute approximate surface area is 122 Å². The van der Waals surface area contributed by atoms with Crippen LogP contribution in [-0.4, -0.2) is 42.9 Å². The number of hydrogen-bond donors (Lipinski definition) is 1. The Morgan fingerprint density at radius 1 is 1.30 bits per heavy atom. The van der Waals surface area contributed by atoms with Gasteiger partial charge >= 0.3 is 0 Å². The molecule has 20 heavy (non-hydrogen) atoms. The largest absolute Gasteiger partial charge is 0.504 e. The van der Waals surface area contributed by atoms with Crippen LogP contribution in [0.5, 0.6) is 11.5 Å². The maximum Gasteiger partial charge on any atom is 0.161 e. The van der Waals surface area contributed by atoms with Crippen molar-refractivity contribution < 1.29 is 14.6 Å². The molecule has 0 aliphatic rings. The quantitative estimate of drug-likeness (QED) is 0.755. The molecule has 0 heterocycles. The summed E-state index contributed by atoms with van der Waals surface area (Å²) in [5, 5.41) is 9.74. The Kier molecular flexibility index (Phi) is 7.41. The van der Waals surface area contributed by atoms with E-state index in [1.54, 1.807) is 13.2 Å². The summed E-state index contributed by atoms with van der Waals surface area (Å²) in [6.07, 6.45) is 1.10. The highest BCUT2D eigenvalue weighted by Crippen LogP contribution is 2.27. The van der Waals surface area contributed by atoms with Gasteiger partial charge in [0.15, 0.2) is 11.5 Å². The predicted molar refractivity (Wildman–Crippen MR) is 81.3 cm³/mol. The monoisotopic (exact) mass is 281 g/mol. The zero-order chi connectivity index (χ0) is 15.0. The second kappa shape index (κ2) is 8.82. The van der Waals surface area contributed by atoms with Gasteiger partial charge < -0.3 is 14.6 Å². The number of phenols is 1. The lowest BCUT2D eigenvalue weighted by Crippen LogP contribution is -2.34. The van der Waals surface area contributed by atoms with Crippen molar-refractivity contribution >= 4 is 0 Å². The van der Waals surface area contributed by atoms with Crippen LogP contribution < -0.4 is 4.74 Å². The Morgan fingerprint density at radius 2 is 2.05 bits per heavy atom. The van der Waals surface area contributed by atoms with Crippen molar-refractivity contribution in [3.8, 4) is 11.5 Å². The van der Waals surface area contributed by atoms with E-state index in [1.165, 1.54) is 0 Å². The molecule has 0 saturated heterocycles. The van der Waals surface area contributed by atoms with Gasteiger partial charge in [-0.2, -0.15) is 0 Å². The Hall–Kier alpha value is -1.26. The molecule has 4 nitrogen and oxygen atoms in total. The third kappa shape index (κ3) is 5.02. The Balaban J connectivity index is 2.78. The summed E-state index contributed by atoms with van der Waals surface area (Å²) >= 11 is 0. The molecule has 114 valence electrons. The zero-order valence-corrected chi connectivity index (χ0v) is 13.1. The van der Waals surface area contributed by atoms with Gasteiger partial charge in [-0.15, -0.1) is 0 Å². The first kappa shape index (κ1) is 16.8. The number of methoxy groups -OCH3 is 1. The lowest BCUT2D eigenvalue weighted by molar-refractivity contribution is 0.118. The van der Waals surface area contributed by atoms with Gasteiger partial charge in [0.2, 0.25) is 0 Å². The molecule has 0 saturated carbocycles.